The Hall–Kier alpha value is -2.68. The Balaban J connectivity index is 1.72. The van der Waals surface area contributed by atoms with Crippen molar-refractivity contribution in [3.05, 3.63) is 44.7 Å². The molecule has 1 aromatic carbocycles. The number of ether oxygens (including phenoxy) is 1. The van der Waals surface area contributed by atoms with Crippen molar-refractivity contribution in [1.82, 2.24) is 15.0 Å². The SMILES string of the molecule is COC(=O)c1cn(C2CCN(c3c(C)cc([N+](=O)[O-])cc3Cl)CC2)nn1. The first kappa shape index (κ1) is 18.1. The Labute approximate surface area is 154 Å². The Bertz CT molecular complexity index is 822. The summed E-state index contributed by atoms with van der Waals surface area (Å²) in [6.07, 6.45) is 3.17. The Morgan fingerprint density at radius 3 is 2.65 bits per heavy atom. The molecule has 0 N–H and O–H groups in total. The van der Waals surface area contributed by atoms with Gasteiger partial charge in [0, 0.05) is 25.2 Å². The van der Waals surface area contributed by atoms with Gasteiger partial charge in [0.25, 0.3) is 5.69 Å². The standard InChI is InChI=1S/C16H18ClN5O4/c1-10-7-12(22(24)25)8-13(17)15(10)20-5-3-11(4-6-20)21-9-14(18-19-21)16(23)26-2/h7-9,11H,3-6H2,1-2H3. The lowest BCUT2D eigenvalue weighted by molar-refractivity contribution is -0.384. The first-order valence-corrected chi connectivity index (χ1v) is 8.48. The molecule has 0 aliphatic carbocycles. The summed E-state index contributed by atoms with van der Waals surface area (Å²) in [6, 6.07) is 3.04. The molecule has 1 saturated heterocycles. The minimum Gasteiger partial charge on any atom is -0.464 e. The molecule has 0 spiro atoms. The maximum Gasteiger partial charge on any atom is 0.360 e. The quantitative estimate of drug-likeness (QED) is 0.457. The number of hydrogen-bond acceptors (Lipinski definition) is 7. The third-order valence-electron chi connectivity index (χ3n) is 4.51. The molecular formula is C16H18ClN5O4. The first-order chi connectivity index (χ1) is 12.4. The summed E-state index contributed by atoms with van der Waals surface area (Å²) in [4.78, 5) is 24.1. The fraction of sp³-hybridized carbons (Fsp3) is 0.438. The number of hydrogen-bond donors (Lipinski definition) is 0. The number of benzene rings is 1. The molecule has 2 aromatic rings. The number of nitro benzene ring substituents is 1. The summed E-state index contributed by atoms with van der Waals surface area (Å²) >= 11 is 6.29. The van der Waals surface area contributed by atoms with Crippen molar-refractivity contribution in [2.45, 2.75) is 25.8 Å². The van der Waals surface area contributed by atoms with Crippen LogP contribution in [0.1, 0.15) is 34.9 Å². The lowest BCUT2D eigenvalue weighted by Crippen LogP contribution is -2.35. The van der Waals surface area contributed by atoms with Crippen LogP contribution < -0.4 is 4.90 Å². The Kier molecular flexibility index (Phi) is 5.08. The molecule has 1 fully saturated rings. The average molecular weight is 380 g/mol. The molecule has 0 amide bonds. The van der Waals surface area contributed by atoms with E-state index < -0.39 is 10.9 Å². The lowest BCUT2D eigenvalue weighted by atomic mass is 10.0. The van der Waals surface area contributed by atoms with Gasteiger partial charge < -0.3 is 9.64 Å². The third kappa shape index (κ3) is 3.48. The average Bonchev–Trinajstić information content (AvgIpc) is 3.11. The van der Waals surface area contributed by atoms with Crippen molar-refractivity contribution >= 4 is 28.9 Å². The molecule has 0 bridgehead atoms. The second-order valence-electron chi connectivity index (χ2n) is 6.14. The van der Waals surface area contributed by atoms with E-state index >= 15 is 0 Å². The highest BCUT2D eigenvalue weighted by Gasteiger charge is 2.26. The molecule has 138 valence electrons. The van der Waals surface area contributed by atoms with Gasteiger partial charge >= 0.3 is 5.97 Å². The molecule has 26 heavy (non-hydrogen) atoms. The van der Waals surface area contributed by atoms with E-state index in [4.69, 9.17) is 11.6 Å². The van der Waals surface area contributed by atoms with Crippen molar-refractivity contribution < 1.29 is 14.5 Å². The van der Waals surface area contributed by atoms with Gasteiger partial charge in [-0.1, -0.05) is 16.8 Å². The van der Waals surface area contributed by atoms with Gasteiger partial charge in [-0.25, -0.2) is 9.48 Å². The van der Waals surface area contributed by atoms with Gasteiger partial charge in [-0.3, -0.25) is 10.1 Å². The third-order valence-corrected chi connectivity index (χ3v) is 4.80. The summed E-state index contributed by atoms with van der Waals surface area (Å²) in [7, 11) is 1.30. The predicted molar refractivity (Wildman–Crippen MR) is 94.7 cm³/mol. The maximum atomic E-state index is 11.5. The molecule has 1 aliphatic heterocycles. The molecule has 0 atom stereocenters. The van der Waals surface area contributed by atoms with Crippen molar-refractivity contribution in [2.24, 2.45) is 0 Å². The smallest absolute Gasteiger partial charge is 0.360 e. The number of piperidine rings is 1. The molecule has 1 aromatic heterocycles. The second-order valence-corrected chi connectivity index (χ2v) is 6.55. The van der Waals surface area contributed by atoms with Gasteiger partial charge in [-0.2, -0.15) is 0 Å². The molecule has 10 heteroatoms. The van der Waals surface area contributed by atoms with Crippen LogP contribution in [0.25, 0.3) is 0 Å². The van der Waals surface area contributed by atoms with E-state index in [0.29, 0.717) is 5.02 Å². The minimum absolute atomic E-state index is 0.0101. The van der Waals surface area contributed by atoms with E-state index in [1.807, 2.05) is 6.92 Å². The Morgan fingerprint density at radius 2 is 2.08 bits per heavy atom. The largest absolute Gasteiger partial charge is 0.464 e. The van der Waals surface area contributed by atoms with Gasteiger partial charge in [0.05, 0.1) is 35.0 Å². The molecule has 0 radical (unpaired) electrons. The highest BCUT2D eigenvalue weighted by Crippen LogP contribution is 2.36. The number of carbonyl (C=O) groups is 1. The van der Waals surface area contributed by atoms with Crippen LogP contribution >= 0.6 is 11.6 Å². The van der Waals surface area contributed by atoms with E-state index in [-0.39, 0.29) is 17.4 Å². The van der Waals surface area contributed by atoms with Gasteiger partial charge in [0.1, 0.15) is 0 Å². The van der Waals surface area contributed by atoms with Crippen LogP contribution in [-0.2, 0) is 4.74 Å². The molecule has 2 heterocycles. The molecular weight excluding hydrogens is 362 g/mol. The number of rotatable bonds is 4. The summed E-state index contributed by atoms with van der Waals surface area (Å²) in [5, 5.41) is 19.2. The summed E-state index contributed by atoms with van der Waals surface area (Å²) in [5.74, 6) is -0.512. The van der Waals surface area contributed by atoms with Crippen LogP contribution in [0.15, 0.2) is 18.3 Å². The molecule has 9 nitrogen and oxygen atoms in total. The second kappa shape index (κ2) is 7.28. The summed E-state index contributed by atoms with van der Waals surface area (Å²) in [6.45, 7) is 3.26. The zero-order chi connectivity index (χ0) is 18.8. The van der Waals surface area contributed by atoms with Gasteiger partial charge in [-0.15, -0.1) is 5.10 Å². The van der Waals surface area contributed by atoms with Crippen molar-refractivity contribution in [1.29, 1.82) is 0 Å². The number of carbonyl (C=O) groups excluding carboxylic acids is 1. The monoisotopic (exact) mass is 379 g/mol. The molecule has 0 unspecified atom stereocenters. The summed E-state index contributed by atoms with van der Waals surface area (Å²) < 4.78 is 6.33. The van der Waals surface area contributed by atoms with Crippen molar-refractivity contribution in [2.75, 3.05) is 25.1 Å². The van der Waals surface area contributed by atoms with Crippen LogP contribution in [-0.4, -0.2) is 46.1 Å². The van der Waals surface area contributed by atoms with Gasteiger partial charge in [-0.05, 0) is 25.3 Å². The van der Waals surface area contributed by atoms with E-state index in [0.717, 1.165) is 37.2 Å². The fourth-order valence-corrected chi connectivity index (χ4v) is 3.61. The van der Waals surface area contributed by atoms with Crippen LogP contribution in [0.2, 0.25) is 5.02 Å². The molecule has 3 rings (SSSR count). The number of aromatic nitrogens is 3. The van der Waals surface area contributed by atoms with Crippen LogP contribution in [0.4, 0.5) is 11.4 Å². The van der Waals surface area contributed by atoms with E-state index in [2.05, 4.69) is 19.9 Å². The van der Waals surface area contributed by atoms with Crippen LogP contribution in [0.5, 0.6) is 0 Å². The number of aryl methyl sites for hydroxylation is 1. The number of halogens is 1. The van der Waals surface area contributed by atoms with Gasteiger partial charge in [0.15, 0.2) is 5.69 Å². The minimum atomic E-state index is -0.512. The predicted octanol–water partition coefficient (Wildman–Crippen LogP) is 2.78. The fourth-order valence-electron chi connectivity index (χ4n) is 3.23. The number of nitrogens with zero attached hydrogens (tertiary/aromatic N) is 5. The lowest BCUT2D eigenvalue weighted by Gasteiger charge is -2.34. The molecule has 0 saturated carbocycles. The number of methoxy groups -OCH3 is 1. The molecule has 1 aliphatic rings. The van der Waals surface area contributed by atoms with Crippen LogP contribution in [0, 0.1) is 17.0 Å². The number of esters is 1. The number of non-ortho nitro benzene ring substituents is 1. The zero-order valence-corrected chi connectivity index (χ0v) is 15.1. The highest BCUT2D eigenvalue weighted by molar-refractivity contribution is 6.33. The summed E-state index contributed by atoms with van der Waals surface area (Å²) in [5.41, 5.74) is 1.77. The van der Waals surface area contributed by atoms with Crippen molar-refractivity contribution in [3.8, 4) is 0 Å². The zero-order valence-electron chi connectivity index (χ0n) is 14.4. The Morgan fingerprint density at radius 1 is 1.38 bits per heavy atom. The van der Waals surface area contributed by atoms with E-state index in [9.17, 15) is 14.9 Å². The topological polar surface area (TPSA) is 103 Å². The van der Waals surface area contributed by atoms with Crippen LogP contribution in [0.3, 0.4) is 0 Å². The maximum absolute atomic E-state index is 11.5. The van der Waals surface area contributed by atoms with E-state index in [1.54, 1.807) is 10.9 Å². The highest BCUT2D eigenvalue weighted by atomic mass is 35.5. The number of nitro groups is 1. The van der Waals surface area contributed by atoms with Gasteiger partial charge in [0.2, 0.25) is 0 Å². The first-order valence-electron chi connectivity index (χ1n) is 8.10. The normalized spacial score (nSPS) is 15.1. The number of anilines is 1. The van der Waals surface area contributed by atoms with Crippen molar-refractivity contribution in [3.63, 3.8) is 0 Å². The van der Waals surface area contributed by atoms with E-state index in [1.165, 1.54) is 19.2 Å².